The van der Waals surface area contributed by atoms with Gasteiger partial charge in [-0.05, 0) is 58.7 Å². The predicted octanol–water partition coefficient (Wildman–Crippen LogP) is 13.5. The van der Waals surface area contributed by atoms with E-state index in [1.54, 1.807) is 0 Å². The molecule has 11 aromatic rings. The average Bonchev–Trinajstić information content (AvgIpc) is 3.68. The second-order valence-corrected chi connectivity index (χ2v) is 14.2. The van der Waals surface area contributed by atoms with Crippen LogP contribution in [0.15, 0.2) is 199 Å². The molecule has 0 amide bonds. The molecular formula is C52H32N4O. The highest BCUT2D eigenvalue weighted by molar-refractivity contribution is 6.28. The molecule has 11 rings (SSSR count). The fourth-order valence-corrected chi connectivity index (χ4v) is 7.97. The summed E-state index contributed by atoms with van der Waals surface area (Å²) in [6.45, 7) is 0. The molecule has 0 aliphatic carbocycles. The van der Waals surface area contributed by atoms with E-state index in [1.807, 2.05) is 30.3 Å². The minimum atomic E-state index is 0.572. The third-order valence-corrected chi connectivity index (χ3v) is 10.7. The molecule has 0 bridgehead atoms. The molecule has 0 aliphatic heterocycles. The minimum absolute atomic E-state index is 0.572. The maximum Gasteiger partial charge on any atom is 0.164 e. The van der Waals surface area contributed by atoms with Crippen molar-refractivity contribution in [3.63, 3.8) is 0 Å². The van der Waals surface area contributed by atoms with E-state index >= 15 is 0 Å². The van der Waals surface area contributed by atoms with E-state index in [2.05, 4.69) is 164 Å². The van der Waals surface area contributed by atoms with Crippen molar-refractivity contribution < 1.29 is 4.42 Å². The Labute approximate surface area is 328 Å². The summed E-state index contributed by atoms with van der Waals surface area (Å²) in [7, 11) is 0. The van der Waals surface area contributed by atoms with Gasteiger partial charge in [0.15, 0.2) is 17.5 Å². The van der Waals surface area contributed by atoms with Gasteiger partial charge >= 0.3 is 0 Å². The second-order valence-electron chi connectivity index (χ2n) is 14.2. The normalized spacial score (nSPS) is 11.5. The molecule has 0 atom stereocenters. The molecule has 0 saturated heterocycles. The number of nitrogens with zero attached hydrogens (tertiary/aromatic N) is 4. The predicted molar refractivity (Wildman–Crippen MR) is 233 cm³/mol. The zero-order valence-electron chi connectivity index (χ0n) is 30.7. The molecule has 0 radical (unpaired) electrons. The van der Waals surface area contributed by atoms with Crippen LogP contribution in [-0.4, -0.2) is 19.9 Å². The molecule has 0 aliphatic rings. The van der Waals surface area contributed by atoms with Crippen molar-refractivity contribution in [1.29, 1.82) is 0 Å². The minimum Gasteiger partial charge on any atom is -0.456 e. The Balaban J connectivity index is 1.15. The first kappa shape index (κ1) is 32.7. The van der Waals surface area contributed by atoms with Crippen molar-refractivity contribution in [2.75, 3.05) is 0 Å². The molecule has 8 aromatic carbocycles. The van der Waals surface area contributed by atoms with Gasteiger partial charge in [-0.25, -0.2) is 19.9 Å². The van der Waals surface area contributed by atoms with Crippen molar-refractivity contribution in [2.45, 2.75) is 0 Å². The summed E-state index contributed by atoms with van der Waals surface area (Å²) in [5.41, 5.74) is 11.6. The van der Waals surface area contributed by atoms with Gasteiger partial charge in [0, 0.05) is 49.2 Å². The molecule has 266 valence electrons. The number of rotatable bonds is 6. The Morgan fingerprint density at radius 2 is 0.772 bits per heavy atom. The first-order valence-electron chi connectivity index (χ1n) is 19.0. The summed E-state index contributed by atoms with van der Waals surface area (Å²) in [4.78, 5) is 20.9. The van der Waals surface area contributed by atoms with E-state index in [0.717, 1.165) is 93.8 Å². The SMILES string of the molecule is c1ccc(-c2cccc(-c3nc(-c4cccc(-c5ccccc5)c4)nc(-c4ccc5c(c4)nc(-c4ccccc4)c4ccc6oc7ccccc7c6c45)n3)c2)cc1. The van der Waals surface area contributed by atoms with E-state index in [-0.39, 0.29) is 0 Å². The quantitative estimate of drug-likeness (QED) is 0.160. The van der Waals surface area contributed by atoms with E-state index in [0.29, 0.717) is 17.5 Å². The lowest BCUT2D eigenvalue weighted by Gasteiger charge is -2.13. The maximum atomic E-state index is 6.38. The molecule has 3 aromatic heterocycles. The van der Waals surface area contributed by atoms with Crippen LogP contribution in [0.5, 0.6) is 0 Å². The molecule has 3 heterocycles. The van der Waals surface area contributed by atoms with Crippen molar-refractivity contribution in [3.8, 4) is 67.7 Å². The number of furan rings is 1. The van der Waals surface area contributed by atoms with Crippen molar-refractivity contribution >= 4 is 43.6 Å². The van der Waals surface area contributed by atoms with Crippen LogP contribution in [0.25, 0.3) is 111 Å². The van der Waals surface area contributed by atoms with Gasteiger partial charge in [-0.3, -0.25) is 0 Å². The third-order valence-electron chi connectivity index (χ3n) is 10.7. The van der Waals surface area contributed by atoms with Gasteiger partial charge in [0.2, 0.25) is 0 Å². The van der Waals surface area contributed by atoms with Crippen LogP contribution in [0.1, 0.15) is 0 Å². The van der Waals surface area contributed by atoms with Crippen molar-refractivity contribution in [2.24, 2.45) is 0 Å². The second kappa shape index (κ2) is 13.5. The van der Waals surface area contributed by atoms with Gasteiger partial charge in [0.05, 0.1) is 11.2 Å². The van der Waals surface area contributed by atoms with Crippen LogP contribution < -0.4 is 0 Å². The summed E-state index contributed by atoms with van der Waals surface area (Å²) in [5.74, 6) is 1.77. The molecule has 0 unspecified atom stereocenters. The van der Waals surface area contributed by atoms with Crippen LogP contribution in [0, 0.1) is 0 Å². The van der Waals surface area contributed by atoms with Crippen LogP contribution in [0.3, 0.4) is 0 Å². The maximum absolute atomic E-state index is 6.38. The van der Waals surface area contributed by atoms with Crippen LogP contribution in [0.2, 0.25) is 0 Å². The summed E-state index contributed by atoms with van der Waals surface area (Å²) in [5, 5.41) is 5.38. The standard InChI is InChI=1S/C52H32N4O/c1-4-14-33(15-5-1)36-20-12-22-38(30-36)50-54-51(39-23-13-21-37(31-39)34-16-6-2-7-17-34)56-52(55-50)40-26-27-41-44(32-40)53-49(35-18-8-3-9-19-35)43-28-29-46-48(47(41)43)42-24-10-11-25-45(42)57-46/h1-32H. The Morgan fingerprint density at radius 1 is 0.281 bits per heavy atom. The Bertz CT molecular complexity index is 3180. The first-order valence-corrected chi connectivity index (χ1v) is 19.0. The number of benzene rings is 8. The van der Waals surface area contributed by atoms with Gasteiger partial charge in [-0.15, -0.1) is 0 Å². The smallest absolute Gasteiger partial charge is 0.164 e. The van der Waals surface area contributed by atoms with Gasteiger partial charge in [-0.1, -0.05) is 158 Å². The van der Waals surface area contributed by atoms with Gasteiger partial charge in [0.25, 0.3) is 0 Å². The molecule has 57 heavy (non-hydrogen) atoms. The summed E-state index contributed by atoms with van der Waals surface area (Å²) >= 11 is 0. The fraction of sp³-hybridized carbons (Fsp3) is 0. The fourth-order valence-electron chi connectivity index (χ4n) is 7.97. The Hall–Kier alpha value is -7.76. The molecule has 5 nitrogen and oxygen atoms in total. The average molecular weight is 729 g/mol. The van der Waals surface area contributed by atoms with E-state index < -0.39 is 0 Å². The zero-order chi connectivity index (χ0) is 37.7. The number of fused-ring (bicyclic) bond motifs is 7. The number of hydrogen-bond acceptors (Lipinski definition) is 5. The lowest BCUT2D eigenvalue weighted by Crippen LogP contribution is -2.01. The van der Waals surface area contributed by atoms with Crippen LogP contribution in [-0.2, 0) is 0 Å². The Kier molecular flexibility index (Phi) is 7.74. The lowest BCUT2D eigenvalue weighted by atomic mass is 9.95. The molecule has 0 saturated carbocycles. The topological polar surface area (TPSA) is 64.7 Å². The third kappa shape index (κ3) is 5.81. The van der Waals surface area contributed by atoms with Crippen LogP contribution in [0.4, 0.5) is 0 Å². The molecule has 5 heteroatoms. The number of hydrogen-bond donors (Lipinski definition) is 0. The first-order chi connectivity index (χ1) is 28.2. The lowest BCUT2D eigenvalue weighted by molar-refractivity contribution is 0.669. The summed E-state index contributed by atoms with van der Waals surface area (Å²) in [6.07, 6.45) is 0. The van der Waals surface area contributed by atoms with Crippen LogP contribution >= 0.6 is 0 Å². The van der Waals surface area contributed by atoms with E-state index in [1.165, 1.54) is 0 Å². The van der Waals surface area contributed by atoms with Gasteiger partial charge in [-0.2, -0.15) is 0 Å². The number of pyridine rings is 1. The highest BCUT2D eigenvalue weighted by atomic mass is 16.3. The molecule has 0 fully saturated rings. The monoisotopic (exact) mass is 728 g/mol. The number of para-hydroxylation sites is 1. The Morgan fingerprint density at radius 3 is 1.39 bits per heavy atom. The van der Waals surface area contributed by atoms with Gasteiger partial charge in [0.1, 0.15) is 11.2 Å². The summed E-state index contributed by atoms with van der Waals surface area (Å²) in [6, 6.07) is 66.8. The van der Waals surface area contributed by atoms with E-state index in [4.69, 9.17) is 24.4 Å². The largest absolute Gasteiger partial charge is 0.456 e. The summed E-state index contributed by atoms with van der Waals surface area (Å²) < 4.78 is 6.38. The molecular weight excluding hydrogens is 697 g/mol. The highest BCUT2D eigenvalue weighted by Crippen LogP contribution is 2.42. The van der Waals surface area contributed by atoms with Crippen molar-refractivity contribution in [3.05, 3.63) is 194 Å². The molecule has 0 N–H and O–H groups in total. The van der Waals surface area contributed by atoms with Crippen molar-refractivity contribution in [1.82, 2.24) is 19.9 Å². The zero-order valence-corrected chi connectivity index (χ0v) is 30.7. The van der Waals surface area contributed by atoms with E-state index in [9.17, 15) is 0 Å². The molecule has 0 spiro atoms. The highest BCUT2D eigenvalue weighted by Gasteiger charge is 2.19. The number of aromatic nitrogens is 4. The van der Waals surface area contributed by atoms with Gasteiger partial charge < -0.3 is 4.42 Å².